The molecule has 4 nitrogen and oxygen atoms in total. The third-order valence-electron chi connectivity index (χ3n) is 6.20. The summed E-state index contributed by atoms with van der Waals surface area (Å²) in [4.78, 5) is 28.3. The summed E-state index contributed by atoms with van der Waals surface area (Å²) in [5.41, 5.74) is 4.50. The Hall–Kier alpha value is -1.69. The summed E-state index contributed by atoms with van der Waals surface area (Å²) < 4.78 is 0. The van der Waals surface area contributed by atoms with E-state index in [0.29, 0.717) is 28.8 Å². The Morgan fingerprint density at radius 1 is 1.03 bits per heavy atom. The average Bonchev–Trinajstić information content (AvgIpc) is 3.28. The largest absolute Gasteiger partial charge is 0.352 e. The second-order valence-electron chi connectivity index (χ2n) is 9.17. The van der Waals surface area contributed by atoms with E-state index in [2.05, 4.69) is 37.4 Å². The van der Waals surface area contributed by atoms with Crippen molar-refractivity contribution in [3.8, 4) is 0 Å². The number of hydrogen-bond donors (Lipinski definition) is 1. The highest BCUT2D eigenvalue weighted by Crippen LogP contribution is 2.25. The van der Waals surface area contributed by atoms with Gasteiger partial charge in [0.05, 0.1) is 15.8 Å². The molecule has 7 heteroatoms. The molecule has 0 aromatic heterocycles. The molecule has 2 aromatic rings. The molecule has 1 aliphatic rings. The molecule has 0 saturated heterocycles. The van der Waals surface area contributed by atoms with Crippen molar-refractivity contribution in [2.75, 3.05) is 5.75 Å². The molecule has 0 unspecified atom stereocenters. The van der Waals surface area contributed by atoms with E-state index in [-0.39, 0.29) is 17.9 Å². The van der Waals surface area contributed by atoms with Gasteiger partial charge in [0.1, 0.15) is 6.04 Å². The smallest absolute Gasteiger partial charge is 0.243 e. The number of thioether (sulfide) groups is 1. The van der Waals surface area contributed by atoms with Gasteiger partial charge < -0.3 is 10.2 Å². The molecule has 2 amide bonds. The molecule has 0 bridgehead atoms. The van der Waals surface area contributed by atoms with Crippen LogP contribution >= 0.6 is 35.0 Å². The molecular formula is C27H34Cl2N2O2S. The Morgan fingerprint density at radius 2 is 1.71 bits per heavy atom. The molecular weight excluding hydrogens is 487 g/mol. The lowest BCUT2D eigenvalue weighted by Gasteiger charge is -2.31. The van der Waals surface area contributed by atoms with E-state index in [4.69, 9.17) is 23.2 Å². The molecule has 1 atom stereocenters. The molecule has 1 aliphatic carbocycles. The first-order valence-corrected chi connectivity index (χ1v) is 13.9. The van der Waals surface area contributed by atoms with Crippen molar-refractivity contribution in [3.05, 3.63) is 68.7 Å². The highest BCUT2D eigenvalue weighted by Gasteiger charge is 2.30. The Kier molecular flexibility index (Phi) is 10.2. The molecule has 1 fully saturated rings. The number of carbonyl (C=O) groups excluding carboxylic acids is 2. The van der Waals surface area contributed by atoms with E-state index < -0.39 is 6.04 Å². The predicted octanol–water partition coefficient (Wildman–Crippen LogP) is 6.71. The van der Waals surface area contributed by atoms with Crippen LogP contribution in [0.15, 0.2) is 36.4 Å². The monoisotopic (exact) mass is 520 g/mol. The molecule has 2 aromatic carbocycles. The topological polar surface area (TPSA) is 49.4 Å². The zero-order chi connectivity index (χ0) is 24.7. The van der Waals surface area contributed by atoms with E-state index in [9.17, 15) is 9.59 Å². The van der Waals surface area contributed by atoms with Gasteiger partial charge in [0.15, 0.2) is 0 Å². The SMILES string of the molecule is CC[C@@H](C(=O)NC1CCCC1)N(Cc1ccc(Cl)c(Cl)c1)C(=O)CSCc1cc(C)cc(C)c1. The molecule has 1 N–H and O–H groups in total. The lowest BCUT2D eigenvalue weighted by Crippen LogP contribution is -2.51. The van der Waals surface area contributed by atoms with Crippen LogP contribution < -0.4 is 5.32 Å². The molecule has 0 heterocycles. The van der Waals surface area contributed by atoms with Gasteiger partial charge in [-0.25, -0.2) is 0 Å². The first-order valence-electron chi connectivity index (χ1n) is 12.0. The van der Waals surface area contributed by atoms with Gasteiger partial charge in [0.25, 0.3) is 0 Å². The highest BCUT2D eigenvalue weighted by atomic mass is 35.5. The van der Waals surface area contributed by atoms with E-state index in [1.54, 1.807) is 28.8 Å². The molecule has 184 valence electrons. The van der Waals surface area contributed by atoms with Crippen LogP contribution in [0.3, 0.4) is 0 Å². The summed E-state index contributed by atoms with van der Waals surface area (Å²) in [5.74, 6) is 0.942. The second-order valence-corrected chi connectivity index (χ2v) is 11.0. The van der Waals surface area contributed by atoms with Gasteiger partial charge in [-0.1, -0.05) is 78.4 Å². The van der Waals surface area contributed by atoms with Crippen molar-refractivity contribution in [1.29, 1.82) is 0 Å². The normalized spacial score (nSPS) is 14.7. The summed E-state index contributed by atoms with van der Waals surface area (Å²) in [6.07, 6.45) is 4.85. The third kappa shape index (κ3) is 7.66. The minimum atomic E-state index is -0.524. The van der Waals surface area contributed by atoms with Gasteiger partial charge in [0, 0.05) is 18.3 Å². The van der Waals surface area contributed by atoms with Crippen LogP contribution in [0.1, 0.15) is 61.3 Å². The maximum absolute atomic E-state index is 13.4. The number of benzene rings is 2. The van der Waals surface area contributed by atoms with Crippen molar-refractivity contribution in [2.24, 2.45) is 0 Å². The predicted molar refractivity (Wildman–Crippen MR) is 144 cm³/mol. The van der Waals surface area contributed by atoms with Crippen LogP contribution in [-0.4, -0.2) is 34.6 Å². The van der Waals surface area contributed by atoms with Gasteiger partial charge in [0.2, 0.25) is 11.8 Å². The lowest BCUT2D eigenvalue weighted by atomic mass is 10.1. The maximum atomic E-state index is 13.4. The Balaban J connectivity index is 1.73. The van der Waals surface area contributed by atoms with Crippen LogP contribution in [-0.2, 0) is 21.9 Å². The first-order chi connectivity index (χ1) is 16.3. The van der Waals surface area contributed by atoms with Gasteiger partial charge in [-0.2, -0.15) is 0 Å². The zero-order valence-corrected chi connectivity index (χ0v) is 22.5. The Bertz CT molecular complexity index is 988. The fourth-order valence-electron chi connectivity index (χ4n) is 4.61. The summed E-state index contributed by atoms with van der Waals surface area (Å²) >= 11 is 13.9. The van der Waals surface area contributed by atoms with Crippen LogP contribution in [0.4, 0.5) is 0 Å². The number of aryl methyl sites for hydroxylation is 2. The van der Waals surface area contributed by atoms with Gasteiger partial charge in [-0.05, 0) is 56.4 Å². The van der Waals surface area contributed by atoms with E-state index in [1.807, 2.05) is 13.0 Å². The number of nitrogens with zero attached hydrogens (tertiary/aromatic N) is 1. The van der Waals surface area contributed by atoms with Crippen LogP contribution in [0.2, 0.25) is 10.0 Å². The molecule has 0 spiro atoms. The van der Waals surface area contributed by atoms with Crippen LogP contribution in [0.5, 0.6) is 0 Å². The number of carbonyl (C=O) groups is 2. The fourth-order valence-corrected chi connectivity index (χ4v) is 5.78. The molecule has 1 saturated carbocycles. The number of amides is 2. The molecule has 34 heavy (non-hydrogen) atoms. The van der Waals surface area contributed by atoms with Crippen molar-refractivity contribution >= 4 is 46.8 Å². The molecule has 0 radical (unpaired) electrons. The first kappa shape index (κ1) is 26.9. The maximum Gasteiger partial charge on any atom is 0.243 e. The van der Waals surface area contributed by atoms with Gasteiger partial charge in [-0.3, -0.25) is 9.59 Å². The second kappa shape index (κ2) is 12.9. The number of rotatable bonds is 10. The average molecular weight is 522 g/mol. The van der Waals surface area contributed by atoms with E-state index in [0.717, 1.165) is 37.0 Å². The number of halogens is 2. The van der Waals surface area contributed by atoms with Crippen molar-refractivity contribution in [1.82, 2.24) is 10.2 Å². The van der Waals surface area contributed by atoms with Gasteiger partial charge >= 0.3 is 0 Å². The highest BCUT2D eigenvalue weighted by molar-refractivity contribution is 7.99. The molecule has 0 aliphatic heterocycles. The van der Waals surface area contributed by atoms with E-state index in [1.165, 1.54) is 16.7 Å². The molecule has 3 rings (SSSR count). The summed E-state index contributed by atoms with van der Waals surface area (Å²) in [6, 6.07) is 11.5. The summed E-state index contributed by atoms with van der Waals surface area (Å²) in [7, 11) is 0. The lowest BCUT2D eigenvalue weighted by molar-refractivity contribution is -0.139. The Labute approximate surface area is 217 Å². The standard InChI is InChI=1S/C27H34Cl2N2O2S/c1-4-25(27(33)30-22-7-5-6-8-22)31(15-20-9-10-23(28)24(29)14-20)26(32)17-34-16-21-12-18(2)11-19(3)13-21/h9-14,22,25H,4-8,15-17H2,1-3H3,(H,30,33)/t25-/m0/s1. The Morgan fingerprint density at radius 3 is 2.32 bits per heavy atom. The van der Waals surface area contributed by atoms with Crippen molar-refractivity contribution in [3.63, 3.8) is 0 Å². The van der Waals surface area contributed by atoms with Crippen LogP contribution in [0, 0.1) is 13.8 Å². The fraction of sp³-hybridized carbons (Fsp3) is 0.481. The van der Waals surface area contributed by atoms with E-state index >= 15 is 0 Å². The van der Waals surface area contributed by atoms with Gasteiger partial charge in [-0.15, -0.1) is 11.8 Å². The minimum absolute atomic E-state index is 0.0473. The summed E-state index contributed by atoms with van der Waals surface area (Å²) in [5, 5.41) is 4.09. The number of nitrogens with one attached hydrogen (secondary N) is 1. The minimum Gasteiger partial charge on any atom is -0.352 e. The van der Waals surface area contributed by atoms with Crippen molar-refractivity contribution < 1.29 is 9.59 Å². The summed E-state index contributed by atoms with van der Waals surface area (Å²) in [6.45, 7) is 6.44. The zero-order valence-electron chi connectivity index (χ0n) is 20.2. The van der Waals surface area contributed by atoms with Crippen molar-refractivity contribution in [2.45, 2.75) is 77.3 Å². The van der Waals surface area contributed by atoms with Crippen LogP contribution in [0.25, 0.3) is 0 Å². The number of hydrogen-bond acceptors (Lipinski definition) is 3. The quantitative estimate of drug-likeness (QED) is 0.378. The third-order valence-corrected chi connectivity index (χ3v) is 7.93.